The van der Waals surface area contributed by atoms with Crippen molar-refractivity contribution in [3.05, 3.63) is 76.9 Å². The Bertz CT molecular complexity index is 1260. The van der Waals surface area contributed by atoms with Gasteiger partial charge in [-0.05, 0) is 55.0 Å². The minimum Gasteiger partial charge on any atom is -0.368 e. The molecule has 0 unspecified atom stereocenters. The second kappa shape index (κ2) is 8.00. The number of hydrogen-bond donors (Lipinski definition) is 0. The van der Waals surface area contributed by atoms with Crippen LogP contribution in [0.25, 0.3) is 16.9 Å². The average Bonchev–Trinajstić information content (AvgIpc) is 3.23. The van der Waals surface area contributed by atoms with Crippen LogP contribution in [0.1, 0.15) is 15.9 Å². The van der Waals surface area contributed by atoms with E-state index in [4.69, 9.17) is 11.6 Å². The lowest BCUT2D eigenvalue weighted by molar-refractivity contribution is 0.0746. The highest BCUT2D eigenvalue weighted by atomic mass is 35.5. The van der Waals surface area contributed by atoms with E-state index in [9.17, 15) is 4.79 Å². The molecule has 0 aliphatic carbocycles. The first-order valence-corrected chi connectivity index (χ1v) is 10.6. The summed E-state index contributed by atoms with van der Waals surface area (Å²) >= 11 is 6.12. The number of fused-ring (bicyclic) bond motifs is 1. The third-order valence-electron chi connectivity index (χ3n) is 5.63. The van der Waals surface area contributed by atoms with Crippen LogP contribution in [0.15, 0.2) is 60.8 Å². The van der Waals surface area contributed by atoms with Gasteiger partial charge in [0.1, 0.15) is 5.52 Å². The van der Waals surface area contributed by atoms with Crippen molar-refractivity contribution in [3.8, 4) is 5.69 Å². The summed E-state index contributed by atoms with van der Waals surface area (Å²) in [6, 6.07) is 17.2. The molecule has 0 radical (unpaired) electrons. The van der Waals surface area contributed by atoms with E-state index >= 15 is 0 Å². The molecule has 5 rings (SSSR count). The molecule has 1 amide bonds. The molecule has 2 aromatic carbocycles. The van der Waals surface area contributed by atoms with Gasteiger partial charge in [0.2, 0.25) is 0 Å². The van der Waals surface area contributed by atoms with Gasteiger partial charge in [-0.15, -0.1) is 5.10 Å². The third kappa shape index (κ3) is 3.72. The summed E-state index contributed by atoms with van der Waals surface area (Å²) in [5.41, 5.74) is 4.92. The van der Waals surface area contributed by atoms with Crippen molar-refractivity contribution in [1.82, 2.24) is 24.9 Å². The molecule has 1 aliphatic heterocycles. The van der Waals surface area contributed by atoms with Crippen LogP contribution in [0.5, 0.6) is 0 Å². The fourth-order valence-electron chi connectivity index (χ4n) is 3.92. The molecular formula is C23H21ClN6O. The molecule has 2 aromatic heterocycles. The summed E-state index contributed by atoms with van der Waals surface area (Å²) in [5.74, 6) is 0.0179. The van der Waals surface area contributed by atoms with Crippen LogP contribution in [0, 0.1) is 6.92 Å². The molecule has 0 bridgehead atoms. The molecule has 0 saturated carbocycles. The Kier molecular flexibility index (Phi) is 5.03. The summed E-state index contributed by atoms with van der Waals surface area (Å²) in [6.45, 7) is 4.83. The first kappa shape index (κ1) is 19.5. The van der Waals surface area contributed by atoms with Gasteiger partial charge in [-0.1, -0.05) is 28.9 Å². The maximum Gasteiger partial charge on any atom is 0.254 e. The van der Waals surface area contributed by atoms with Gasteiger partial charge in [0.25, 0.3) is 5.91 Å². The molecular weight excluding hydrogens is 412 g/mol. The van der Waals surface area contributed by atoms with Gasteiger partial charge >= 0.3 is 0 Å². The summed E-state index contributed by atoms with van der Waals surface area (Å²) in [4.78, 5) is 21.8. The third-order valence-corrected chi connectivity index (χ3v) is 5.87. The summed E-state index contributed by atoms with van der Waals surface area (Å²) in [7, 11) is 0. The molecule has 8 heteroatoms. The highest BCUT2D eigenvalue weighted by molar-refractivity contribution is 6.30. The maximum absolute atomic E-state index is 13.2. The number of rotatable bonds is 3. The van der Waals surface area contributed by atoms with Gasteiger partial charge in [-0.3, -0.25) is 4.79 Å². The van der Waals surface area contributed by atoms with Crippen LogP contribution >= 0.6 is 11.6 Å². The Morgan fingerprint density at radius 3 is 2.65 bits per heavy atom. The molecule has 1 fully saturated rings. The number of nitrogens with zero attached hydrogens (tertiary/aromatic N) is 6. The minimum atomic E-state index is 0.0179. The zero-order valence-corrected chi connectivity index (χ0v) is 17.8. The number of anilines is 1. The molecule has 3 heterocycles. The van der Waals surface area contributed by atoms with Crippen molar-refractivity contribution < 1.29 is 4.79 Å². The lowest BCUT2D eigenvalue weighted by Gasteiger charge is -2.36. The molecule has 4 aromatic rings. The van der Waals surface area contributed by atoms with Crippen molar-refractivity contribution in [2.45, 2.75) is 6.92 Å². The number of carbonyl (C=O) groups excluding carboxylic acids is 1. The summed E-state index contributed by atoms with van der Waals surface area (Å²) in [6.07, 6.45) is 1.71. The Morgan fingerprint density at radius 2 is 1.84 bits per heavy atom. The lowest BCUT2D eigenvalue weighted by atomic mass is 10.1. The van der Waals surface area contributed by atoms with E-state index in [-0.39, 0.29) is 5.91 Å². The van der Waals surface area contributed by atoms with E-state index in [1.54, 1.807) is 10.9 Å². The van der Waals surface area contributed by atoms with Crippen molar-refractivity contribution in [3.63, 3.8) is 0 Å². The largest absolute Gasteiger partial charge is 0.368 e. The predicted molar refractivity (Wildman–Crippen MR) is 121 cm³/mol. The van der Waals surface area contributed by atoms with Crippen LogP contribution in [-0.4, -0.2) is 57.0 Å². The number of carbonyl (C=O) groups is 1. The standard InChI is InChI=1S/C23H21ClN6O/c1-16-7-8-17(14-21(16)30-22-20(26-27-30)6-3-9-25-22)23(31)29-12-10-28(11-13-29)19-5-2-4-18(24)15-19/h2-9,14-15H,10-13H2,1H3. The molecule has 0 atom stereocenters. The van der Waals surface area contributed by atoms with Crippen molar-refractivity contribution in [1.29, 1.82) is 0 Å². The van der Waals surface area contributed by atoms with E-state index < -0.39 is 0 Å². The fraction of sp³-hybridized carbons (Fsp3) is 0.217. The van der Waals surface area contributed by atoms with Gasteiger partial charge in [0, 0.05) is 48.6 Å². The lowest BCUT2D eigenvalue weighted by Crippen LogP contribution is -2.48. The topological polar surface area (TPSA) is 67.2 Å². The summed E-state index contributed by atoms with van der Waals surface area (Å²) < 4.78 is 1.69. The maximum atomic E-state index is 13.2. The summed E-state index contributed by atoms with van der Waals surface area (Å²) in [5, 5.41) is 9.16. The normalized spacial score (nSPS) is 14.3. The molecule has 31 heavy (non-hydrogen) atoms. The van der Waals surface area contributed by atoms with Crippen LogP contribution in [0.2, 0.25) is 5.02 Å². The van der Waals surface area contributed by atoms with E-state index in [1.807, 2.05) is 66.4 Å². The van der Waals surface area contributed by atoms with E-state index in [2.05, 4.69) is 20.2 Å². The zero-order valence-electron chi connectivity index (χ0n) is 17.1. The van der Waals surface area contributed by atoms with Crippen molar-refractivity contribution in [2.75, 3.05) is 31.1 Å². The average molecular weight is 433 g/mol. The van der Waals surface area contributed by atoms with Gasteiger partial charge in [-0.25, -0.2) is 4.98 Å². The Labute approximate surface area is 184 Å². The molecule has 1 aliphatic rings. The zero-order chi connectivity index (χ0) is 21.4. The number of benzene rings is 2. The molecule has 0 N–H and O–H groups in total. The highest BCUT2D eigenvalue weighted by Crippen LogP contribution is 2.23. The van der Waals surface area contributed by atoms with Crippen LogP contribution < -0.4 is 4.90 Å². The molecule has 156 valence electrons. The van der Waals surface area contributed by atoms with E-state index in [0.29, 0.717) is 24.3 Å². The first-order valence-electron chi connectivity index (χ1n) is 10.2. The minimum absolute atomic E-state index is 0.0179. The number of halogens is 1. The van der Waals surface area contributed by atoms with E-state index in [1.165, 1.54) is 0 Å². The van der Waals surface area contributed by atoms with Gasteiger partial charge in [-0.2, -0.15) is 4.68 Å². The second-order valence-electron chi connectivity index (χ2n) is 7.61. The number of hydrogen-bond acceptors (Lipinski definition) is 5. The SMILES string of the molecule is Cc1ccc(C(=O)N2CCN(c3cccc(Cl)c3)CC2)cc1-n1nnc2cccnc21. The Morgan fingerprint density at radius 1 is 1.00 bits per heavy atom. The number of aromatic nitrogens is 4. The smallest absolute Gasteiger partial charge is 0.254 e. The monoisotopic (exact) mass is 432 g/mol. The predicted octanol–water partition coefficient (Wildman–Crippen LogP) is 3.74. The van der Waals surface area contributed by atoms with Gasteiger partial charge in [0.15, 0.2) is 5.65 Å². The Balaban J connectivity index is 1.36. The van der Waals surface area contributed by atoms with Crippen molar-refractivity contribution >= 4 is 34.4 Å². The Hall–Kier alpha value is -3.45. The van der Waals surface area contributed by atoms with Crippen LogP contribution in [0.3, 0.4) is 0 Å². The molecule has 0 spiro atoms. The first-order chi connectivity index (χ1) is 15.1. The quantitative estimate of drug-likeness (QED) is 0.493. The van der Waals surface area contributed by atoms with Crippen LogP contribution in [-0.2, 0) is 0 Å². The van der Waals surface area contributed by atoms with E-state index in [0.717, 1.165) is 40.6 Å². The number of pyridine rings is 1. The van der Waals surface area contributed by atoms with Crippen LogP contribution in [0.4, 0.5) is 5.69 Å². The number of piperazine rings is 1. The fourth-order valence-corrected chi connectivity index (χ4v) is 4.11. The van der Waals surface area contributed by atoms with Gasteiger partial charge < -0.3 is 9.80 Å². The second-order valence-corrected chi connectivity index (χ2v) is 8.04. The van der Waals surface area contributed by atoms with Gasteiger partial charge in [0.05, 0.1) is 5.69 Å². The van der Waals surface area contributed by atoms with Crippen molar-refractivity contribution in [2.24, 2.45) is 0 Å². The molecule has 7 nitrogen and oxygen atoms in total. The number of amides is 1. The number of aryl methyl sites for hydroxylation is 1. The highest BCUT2D eigenvalue weighted by Gasteiger charge is 2.23. The molecule has 1 saturated heterocycles.